The molecule has 1 saturated carbocycles. The summed E-state index contributed by atoms with van der Waals surface area (Å²) in [5.41, 5.74) is 1.75. The zero-order chi connectivity index (χ0) is 23.6. The van der Waals surface area contributed by atoms with Crippen molar-refractivity contribution in [3.8, 4) is 5.75 Å². The number of rotatable bonds is 6. The van der Waals surface area contributed by atoms with Gasteiger partial charge >= 0.3 is 0 Å². The molecule has 4 atom stereocenters. The first kappa shape index (κ1) is 23.8. The monoisotopic (exact) mass is 450 g/mol. The van der Waals surface area contributed by atoms with Crippen LogP contribution >= 0.6 is 0 Å². The van der Waals surface area contributed by atoms with Crippen LogP contribution in [0.2, 0.25) is 0 Å². The average molecular weight is 451 g/mol. The number of benzene rings is 2. The minimum atomic E-state index is -0.462. The SMILES string of the molecule is COc1cccc([C@@]23CCN(C)C[C@H]2C(O)C[C@H](N(CC(C)C)C(=O)c2ccccc2)C3)c1. The molecule has 33 heavy (non-hydrogen) atoms. The highest BCUT2D eigenvalue weighted by Gasteiger charge is 2.53. The Bertz CT molecular complexity index is 947. The third-order valence-electron chi connectivity index (χ3n) is 7.66. The maximum Gasteiger partial charge on any atom is 0.254 e. The molecule has 2 aliphatic rings. The number of nitrogens with zero attached hydrogens (tertiary/aromatic N) is 2. The standard InChI is InChI=1S/C28H38N2O3/c1-20(2)18-30(27(32)21-9-6-5-7-10-21)23-16-26(31)25-19-29(3)14-13-28(25,17-23)22-11-8-12-24(15-22)33-4/h5-12,15,20,23,25-26,31H,13-14,16-19H2,1-4H3/t23-,25-,26?,28-/m0/s1. The van der Waals surface area contributed by atoms with E-state index in [-0.39, 0.29) is 23.3 Å². The van der Waals surface area contributed by atoms with Crippen LogP contribution in [0.15, 0.2) is 54.6 Å². The lowest BCUT2D eigenvalue weighted by Crippen LogP contribution is -2.61. The quantitative estimate of drug-likeness (QED) is 0.717. The number of amides is 1. The van der Waals surface area contributed by atoms with Gasteiger partial charge in [0.25, 0.3) is 5.91 Å². The number of aliphatic hydroxyl groups is 1. The van der Waals surface area contributed by atoms with Crippen molar-refractivity contribution in [1.82, 2.24) is 9.80 Å². The first-order valence-corrected chi connectivity index (χ1v) is 12.2. The summed E-state index contributed by atoms with van der Waals surface area (Å²) in [6.07, 6.45) is 1.98. The number of piperidine rings is 1. The van der Waals surface area contributed by atoms with Gasteiger partial charge in [0.1, 0.15) is 5.75 Å². The third kappa shape index (κ3) is 4.80. The minimum absolute atomic E-state index is 0.0130. The molecule has 0 bridgehead atoms. The number of likely N-dealkylation sites (tertiary alicyclic amines) is 1. The second kappa shape index (κ2) is 9.86. The van der Waals surface area contributed by atoms with Crippen molar-refractivity contribution in [3.63, 3.8) is 0 Å². The number of hydrogen-bond donors (Lipinski definition) is 1. The molecule has 2 fully saturated rings. The summed E-state index contributed by atoms with van der Waals surface area (Å²) in [6, 6.07) is 17.9. The van der Waals surface area contributed by atoms with Crippen molar-refractivity contribution >= 4 is 5.91 Å². The molecule has 0 spiro atoms. The topological polar surface area (TPSA) is 53.0 Å². The molecule has 0 radical (unpaired) electrons. The number of hydrogen-bond acceptors (Lipinski definition) is 4. The van der Waals surface area contributed by atoms with Gasteiger partial charge in [-0.25, -0.2) is 0 Å². The number of carbonyl (C=O) groups excluding carboxylic acids is 1. The molecule has 178 valence electrons. The molecular formula is C28H38N2O3. The Morgan fingerprint density at radius 2 is 1.97 bits per heavy atom. The third-order valence-corrected chi connectivity index (χ3v) is 7.66. The van der Waals surface area contributed by atoms with E-state index in [1.54, 1.807) is 7.11 Å². The van der Waals surface area contributed by atoms with Gasteiger partial charge in [-0.05, 0) is 68.6 Å². The normalized spacial score (nSPS) is 27.8. The molecule has 1 saturated heterocycles. The first-order valence-electron chi connectivity index (χ1n) is 12.2. The lowest BCUT2D eigenvalue weighted by molar-refractivity contribution is -0.0606. The molecule has 1 amide bonds. The van der Waals surface area contributed by atoms with Gasteiger partial charge in [0.2, 0.25) is 0 Å². The van der Waals surface area contributed by atoms with E-state index in [1.165, 1.54) is 5.56 Å². The van der Waals surface area contributed by atoms with Crippen molar-refractivity contribution < 1.29 is 14.6 Å². The van der Waals surface area contributed by atoms with E-state index in [0.717, 1.165) is 31.7 Å². The molecule has 1 N–H and O–H groups in total. The predicted octanol–water partition coefficient (Wildman–Crippen LogP) is 4.21. The molecule has 4 rings (SSSR count). The van der Waals surface area contributed by atoms with Crippen LogP contribution in [-0.2, 0) is 5.41 Å². The maximum atomic E-state index is 13.7. The highest BCUT2D eigenvalue weighted by molar-refractivity contribution is 5.94. The molecule has 2 aromatic rings. The van der Waals surface area contributed by atoms with Crippen molar-refractivity contribution in [2.24, 2.45) is 11.8 Å². The Labute approximate surface area is 198 Å². The minimum Gasteiger partial charge on any atom is -0.497 e. The van der Waals surface area contributed by atoms with E-state index in [4.69, 9.17) is 4.74 Å². The highest BCUT2D eigenvalue weighted by Crippen LogP contribution is 2.50. The zero-order valence-corrected chi connectivity index (χ0v) is 20.4. The summed E-state index contributed by atoms with van der Waals surface area (Å²) in [7, 11) is 3.84. The fourth-order valence-corrected chi connectivity index (χ4v) is 6.05. The number of ether oxygens (including phenoxy) is 1. The van der Waals surface area contributed by atoms with Crippen LogP contribution in [0, 0.1) is 11.8 Å². The number of methoxy groups -OCH3 is 1. The van der Waals surface area contributed by atoms with Crippen molar-refractivity contribution in [2.75, 3.05) is 33.8 Å². The molecule has 5 heteroatoms. The van der Waals surface area contributed by atoms with E-state index in [1.807, 2.05) is 41.3 Å². The fraction of sp³-hybridized carbons (Fsp3) is 0.536. The Morgan fingerprint density at radius 3 is 2.67 bits per heavy atom. The largest absolute Gasteiger partial charge is 0.497 e. The number of carbonyl (C=O) groups is 1. The highest BCUT2D eigenvalue weighted by atomic mass is 16.5. The van der Waals surface area contributed by atoms with Crippen LogP contribution in [0.3, 0.4) is 0 Å². The average Bonchev–Trinajstić information content (AvgIpc) is 2.83. The summed E-state index contributed by atoms with van der Waals surface area (Å²) >= 11 is 0. The molecule has 2 aromatic carbocycles. The van der Waals surface area contributed by atoms with E-state index in [0.29, 0.717) is 24.4 Å². The van der Waals surface area contributed by atoms with E-state index >= 15 is 0 Å². The Hall–Kier alpha value is -2.37. The van der Waals surface area contributed by atoms with E-state index < -0.39 is 6.10 Å². The number of aliphatic hydroxyl groups excluding tert-OH is 1. The molecule has 1 unspecified atom stereocenters. The zero-order valence-electron chi connectivity index (χ0n) is 20.4. The van der Waals surface area contributed by atoms with Crippen molar-refractivity contribution in [3.05, 3.63) is 65.7 Å². The number of fused-ring (bicyclic) bond motifs is 1. The van der Waals surface area contributed by atoms with Crippen LogP contribution in [0.1, 0.15) is 49.0 Å². The van der Waals surface area contributed by atoms with Crippen LogP contribution in [-0.4, -0.2) is 66.8 Å². The van der Waals surface area contributed by atoms with E-state index in [9.17, 15) is 9.90 Å². The molecule has 5 nitrogen and oxygen atoms in total. The van der Waals surface area contributed by atoms with Crippen molar-refractivity contribution in [1.29, 1.82) is 0 Å². The second-order valence-electron chi connectivity index (χ2n) is 10.4. The summed E-state index contributed by atoms with van der Waals surface area (Å²) in [6.45, 7) is 6.83. The molecular weight excluding hydrogens is 412 g/mol. The maximum absolute atomic E-state index is 13.7. The predicted molar refractivity (Wildman–Crippen MR) is 132 cm³/mol. The summed E-state index contributed by atoms with van der Waals surface area (Å²) in [5, 5.41) is 11.5. The molecule has 1 heterocycles. The van der Waals surface area contributed by atoms with Gasteiger partial charge in [0.15, 0.2) is 0 Å². The smallest absolute Gasteiger partial charge is 0.254 e. The Balaban J connectivity index is 1.74. The summed E-state index contributed by atoms with van der Waals surface area (Å²) < 4.78 is 5.56. The van der Waals surface area contributed by atoms with Gasteiger partial charge in [-0.15, -0.1) is 0 Å². The van der Waals surface area contributed by atoms with Gasteiger partial charge in [-0.2, -0.15) is 0 Å². The Kier molecular flexibility index (Phi) is 7.10. The van der Waals surface area contributed by atoms with Crippen LogP contribution < -0.4 is 4.74 Å². The van der Waals surface area contributed by atoms with Gasteiger partial charge in [-0.3, -0.25) is 4.79 Å². The van der Waals surface area contributed by atoms with Gasteiger partial charge in [-0.1, -0.05) is 44.2 Å². The lowest BCUT2D eigenvalue weighted by atomic mass is 9.56. The van der Waals surface area contributed by atoms with Crippen LogP contribution in [0.4, 0.5) is 0 Å². The second-order valence-corrected chi connectivity index (χ2v) is 10.4. The first-order chi connectivity index (χ1) is 15.8. The van der Waals surface area contributed by atoms with Gasteiger partial charge in [0, 0.05) is 36.0 Å². The summed E-state index contributed by atoms with van der Waals surface area (Å²) in [4.78, 5) is 18.0. The molecule has 0 aromatic heterocycles. The van der Waals surface area contributed by atoms with Gasteiger partial charge in [0.05, 0.1) is 13.2 Å². The van der Waals surface area contributed by atoms with Crippen LogP contribution in [0.5, 0.6) is 5.75 Å². The fourth-order valence-electron chi connectivity index (χ4n) is 6.05. The molecule has 1 aliphatic heterocycles. The van der Waals surface area contributed by atoms with Crippen LogP contribution in [0.25, 0.3) is 0 Å². The van der Waals surface area contributed by atoms with E-state index in [2.05, 4.69) is 44.0 Å². The lowest BCUT2D eigenvalue weighted by Gasteiger charge is -2.56. The van der Waals surface area contributed by atoms with Crippen molar-refractivity contribution in [2.45, 2.75) is 50.7 Å². The summed E-state index contributed by atoms with van der Waals surface area (Å²) in [5.74, 6) is 1.38. The Morgan fingerprint density at radius 1 is 1.21 bits per heavy atom. The molecule has 1 aliphatic carbocycles. The van der Waals surface area contributed by atoms with Gasteiger partial charge < -0.3 is 19.6 Å².